The number of hydrogen-bond acceptors (Lipinski definition) is 14. The van der Waals surface area contributed by atoms with Gasteiger partial charge in [0.05, 0.1) is 0 Å². The Morgan fingerprint density at radius 1 is 0.194 bits per heavy atom. The number of nitrogens with zero attached hydrogens (tertiary/aromatic N) is 14. The van der Waals surface area contributed by atoms with Crippen LogP contribution < -0.4 is 0 Å². The monoisotopic (exact) mass is 1950 g/mol. The number of rotatable bonds is 1. The van der Waals surface area contributed by atoms with E-state index in [2.05, 4.69) is 394 Å². The van der Waals surface area contributed by atoms with Crippen molar-refractivity contribution in [2.75, 3.05) is 177 Å². The van der Waals surface area contributed by atoms with Crippen LogP contribution in [0.15, 0.2) is 0 Å². The lowest BCUT2D eigenvalue weighted by molar-refractivity contribution is -0.167. The molecule has 15 heteroatoms. The molecule has 0 atom stereocenters. The van der Waals surface area contributed by atoms with Crippen molar-refractivity contribution in [2.45, 2.75) is 551 Å². The largest absolute Gasteiger partial charge is 0.337 e. The fourth-order valence-electron chi connectivity index (χ4n) is 27.6. The molecule has 0 unspecified atom stereocenters. The first-order chi connectivity index (χ1) is 62.6. The molecule has 816 valence electrons. The number of hydrogen-bond donors (Lipinski definition) is 0. The zero-order valence-corrected chi connectivity index (χ0v) is 103. The molecule has 14 heterocycles. The van der Waals surface area contributed by atoms with Crippen LogP contribution in [-0.4, -0.2) is 329 Å². The van der Waals surface area contributed by atoms with Crippen molar-refractivity contribution in [1.82, 2.24) is 68.6 Å². The molecule has 2 aliphatic carbocycles. The van der Waals surface area contributed by atoms with Gasteiger partial charge in [0, 0.05) is 162 Å². The third kappa shape index (κ3) is 33.0. The molecule has 16 aliphatic rings. The van der Waals surface area contributed by atoms with Gasteiger partial charge in [-0.2, -0.15) is 0 Å². The van der Waals surface area contributed by atoms with Gasteiger partial charge in [0.2, 0.25) is 5.91 Å². The van der Waals surface area contributed by atoms with Gasteiger partial charge in [-0.3, -0.25) is 63.6 Å². The minimum Gasteiger partial charge on any atom is -0.337 e. The first kappa shape index (κ1) is 121. The molecule has 1 amide bonds. The Labute approximate surface area is 867 Å². The van der Waals surface area contributed by atoms with E-state index in [0.717, 1.165) is 49.3 Å². The van der Waals surface area contributed by atoms with Crippen LogP contribution in [0, 0.1) is 66.0 Å². The van der Waals surface area contributed by atoms with E-state index in [9.17, 15) is 4.79 Å². The summed E-state index contributed by atoms with van der Waals surface area (Å²) in [4.78, 5) is 48.8. The van der Waals surface area contributed by atoms with E-state index in [-0.39, 0.29) is 16.5 Å². The van der Waals surface area contributed by atoms with Crippen LogP contribution in [0.4, 0.5) is 0 Å². The maximum absolute atomic E-state index is 12.3. The van der Waals surface area contributed by atoms with Gasteiger partial charge >= 0.3 is 0 Å². The topological polar surface area (TPSA) is 62.4 Å². The third-order valence-corrected chi connectivity index (χ3v) is 40.0. The molecule has 15 nitrogen and oxygen atoms in total. The van der Waals surface area contributed by atoms with Gasteiger partial charge in [-0.05, 0) is 590 Å². The normalized spacial score (nSPS) is 27.3. The summed E-state index contributed by atoms with van der Waals surface area (Å²) in [6, 6.07) is 0.732. The van der Waals surface area contributed by atoms with Gasteiger partial charge in [0.15, 0.2) is 0 Å². The maximum atomic E-state index is 12.3. The van der Waals surface area contributed by atoms with Crippen LogP contribution in [0.1, 0.15) is 473 Å². The highest BCUT2D eigenvalue weighted by Crippen LogP contribution is 2.60. The van der Waals surface area contributed by atoms with Gasteiger partial charge in [0.1, 0.15) is 0 Å². The van der Waals surface area contributed by atoms with Crippen molar-refractivity contribution < 1.29 is 4.79 Å². The summed E-state index contributed by atoms with van der Waals surface area (Å²) in [7, 11) is 0. The molecular weight excluding hydrogens is 1700 g/mol. The van der Waals surface area contributed by atoms with Gasteiger partial charge in [-0.25, -0.2) is 0 Å². The smallest absolute Gasteiger partial charge is 0.223 e. The van der Waals surface area contributed by atoms with Crippen molar-refractivity contribution in [2.24, 2.45) is 66.0 Å². The summed E-state index contributed by atoms with van der Waals surface area (Å²) in [6.45, 7) is 145. The SMILES string of the molecule is CC(C)(C)C1CC2(C1)CN(C(C)(C)C)C2.CC(C)(C)C1CCC2(CC1)CCN(C(C)(C)C)CC2.CC(C)(C)N1CC2(C1)CN(C(C)(C)C)C2.CC(C)(C)N1CCC2(CC1)CC(=O)N(C(C)(C)C)C2.CC(C)(C)N1CCC2(CC1)CCN(C(C)(C)C)C2.CC(C)(C)N1CCC2(CC1)CCN(C(C)(C)C)CC2.CC(C)(C)N1CCC2(CC1)CN(C(C)(C)C)C2.CC(C)N1CCC2(CCN(C(C)(C)C)CC2)C1. The van der Waals surface area contributed by atoms with Crippen molar-refractivity contribution in [3.05, 3.63) is 0 Å². The van der Waals surface area contributed by atoms with Crippen LogP contribution in [0.2, 0.25) is 0 Å². The van der Waals surface area contributed by atoms with Crippen LogP contribution in [0.25, 0.3) is 0 Å². The number of carbonyl (C=O) groups is 1. The Hall–Kier alpha value is -1.05. The second-order valence-corrected chi connectivity index (χ2v) is 66.3. The van der Waals surface area contributed by atoms with E-state index in [4.69, 9.17) is 0 Å². The second kappa shape index (κ2) is 43.6. The Morgan fingerprint density at radius 2 is 0.396 bits per heavy atom. The molecule has 0 radical (unpaired) electrons. The standard InChI is InChI=1S/C18H35N.C17H34N2.C16H30N2O.C16H32N2.2C15H30N2.C14H27N.C13H26N2/c1-16(2,3)15-7-9-18(10-8-15)11-13-19(14-12-18)17(4,5)6;1-15(2,3)18-11-7-17(8-12-18)9-13-19(14-10-17)16(4,5)6;1-14(2,3)17-9-7-16(8-10-17)11-13(19)18(12-16)15(4,5)6;1-14(2,3)17-10-7-16(8-11-17)9-12-18(13-16)15(4,5)6;1-13(2,3)16-9-7-15(8-10-16)11-17(12-15)14(4,5)6;1-13(2)16-9-6-15(12-16)7-10-17(11-8-15)14(3,4)5;1-12(2,3)11-7-14(8-11)9-15(10-14)13(4,5)6;1-11(2,3)14-7-13(8-14)9-15(10-13)12(4,5)6/h15H,7-14H2,1-6H3;7-14H2,1-6H3;7-12H2,1-6H3;7-13H2,1-6H3;7-12H2,1-6H3;13H,6-12H2,1-5H3;11H,7-10H2,1-6H3;7-10H2,1-6H3. The van der Waals surface area contributed by atoms with Crippen molar-refractivity contribution >= 4 is 5.91 Å². The molecule has 139 heavy (non-hydrogen) atoms. The third-order valence-electron chi connectivity index (χ3n) is 40.0. The van der Waals surface area contributed by atoms with Gasteiger partial charge in [-0.1, -0.05) is 41.5 Å². The minimum absolute atomic E-state index is 0.0260. The minimum atomic E-state index is -0.0260. The number of carbonyl (C=O) groups excluding carboxylic acids is 1. The van der Waals surface area contributed by atoms with E-state index in [1.165, 1.54) is 298 Å². The lowest BCUT2D eigenvalue weighted by Gasteiger charge is -2.66. The molecule has 0 N–H and O–H groups in total. The highest BCUT2D eigenvalue weighted by molar-refractivity contribution is 5.80. The first-order valence-electron chi connectivity index (χ1n) is 58.7. The number of piperidine rings is 7. The second-order valence-electron chi connectivity index (χ2n) is 66.3. The number of likely N-dealkylation sites (tertiary alicyclic amines) is 14. The summed E-state index contributed by atoms with van der Waals surface area (Å²) in [5, 5.41) is 0. The van der Waals surface area contributed by atoms with Crippen molar-refractivity contribution in [3.8, 4) is 0 Å². The predicted octanol–water partition coefficient (Wildman–Crippen LogP) is 26.8. The lowest BCUT2D eigenvalue weighted by atomic mass is 9.51. The summed E-state index contributed by atoms with van der Waals surface area (Å²) in [5.41, 5.74) is 10.2. The van der Waals surface area contributed by atoms with Crippen LogP contribution in [-0.2, 0) is 4.79 Å². The average molecular weight is 1950 g/mol. The molecule has 14 saturated heterocycles. The zero-order valence-electron chi connectivity index (χ0n) is 103. The zero-order chi connectivity index (χ0) is 105. The average Bonchev–Trinajstić information content (AvgIpc) is 1.25. The van der Waals surface area contributed by atoms with Gasteiger partial charge in [0.25, 0.3) is 0 Å². The molecule has 8 spiro atoms. The van der Waals surface area contributed by atoms with Crippen LogP contribution in [0.5, 0.6) is 0 Å². The van der Waals surface area contributed by atoms with Crippen LogP contribution >= 0.6 is 0 Å². The van der Waals surface area contributed by atoms with E-state index in [1.54, 1.807) is 0 Å². The van der Waals surface area contributed by atoms with Crippen LogP contribution in [0.3, 0.4) is 0 Å². The fraction of sp³-hybridized carbons (Fsp3) is 0.992. The Balaban J connectivity index is 0.000000178. The molecule has 0 aromatic carbocycles. The summed E-state index contributed by atoms with van der Waals surface area (Å²) in [5.74, 6) is 2.29. The quantitative estimate of drug-likeness (QED) is 0.250. The van der Waals surface area contributed by atoms with Gasteiger partial charge < -0.3 is 9.80 Å². The Bertz CT molecular complexity index is 3450. The summed E-state index contributed by atoms with van der Waals surface area (Å²) < 4.78 is 0. The van der Waals surface area contributed by atoms with E-state index < -0.39 is 0 Å². The molecule has 16 rings (SSSR count). The summed E-state index contributed by atoms with van der Waals surface area (Å²) >= 11 is 0. The lowest BCUT2D eigenvalue weighted by Crippen LogP contribution is -2.76. The highest BCUT2D eigenvalue weighted by atomic mass is 16.2. The van der Waals surface area contributed by atoms with Gasteiger partial charge in [-0.15, -0.1) is 0 Å². The Morgan fingerprint density at radius 3 is 0.619 bits per heavy atom. The Kier molecular flexibility index (Phi) is 38.1. The number of amides is 1. The molecule has 0 aromatic heterocycles. The first-order valence-corrected chi connectivity index (χ1v) is 58.7. The highest BCUT2D eigenvalue weighted by Gasteiger charge is 2.59. The molecule has 16 fully saturated rings. The molecule has 14 aliphatic heterocycles. The van der Waals surface area contributed by atoms with E-state index in [1.807, 2.05) is 0 Å². The molecular formula is C124H244N14O. The molecule has 0 bridgehead atoms. The fourth-order valence-corrected chi connectivity index (χ4v) is 27.6. The van der Waals surface area contributed by atoms with E-state index in [0.29, 0.717) is 110 Å². The maximum Gasteiger partial charge on any atom is 0.223 e. The summed E-state index contributed by atoms with van der Waals surface area (Å²) in [6.07, 6.45) is 31.8. The predicted molar refractivity (Wildman–Crippen MR) is 606 cm³/mol. The molecule has 0 aromatic rings. The van der Waals surface area contributed by atoms with Crippen molar-refractivity contribution in [1.29, 1.82) is 0 Å². The van der Waals surface area contributed by atoms with E-state index >= 15 is 0 Å². The van der Waals surface area contributed by atoms with Crippen molar-refractivity contribution in [3.63, 3.8) is 0 Å². The molecule has 2 saturated carbocycles.